The topological polar surface area (TPSA) is 135 Å². The Labute approximate surface area is 160 Å². The van der Waals surface area contributed by atoms with Gasteiger partial charge in [-0.2, -0.15) is 0 Å². The van der Waals surface area contributed by atoms with Crippen molar-refractivity contribution in [1.82, 2.24) is 5.32 Å². The molecule has 1 saturated heterocycles. The zero-order valence-electron chi connectivity index (χ0n) is 16.9. The van der Waals surface area contributed by atoms with E-state index in [0.29, 0.717) is 11.0 Å². The predicted octanol–water partition coefficient (Wildman–Crippen LogP) is -0.524. The summed E-state index contributed by atoms with van der Waals surface area (Å²) in [6, 6.07) is -0.796. The first kappa shape index (κ1) is 24.5. The van der Waals surface area contributed by atoms with Crippen LogP contribution in [0.3, 0.4) is 0 Å². The molecule has 0 aromatic rings. The van der Waals surface area contributed by atoms with E-state index in [1.165, 1.54) is 6.92 Å². The average molecular weight is 413 g/mol. The van der Waals surface area contributed by atoms with Crippen LogP contribution in [0.15, 0.2) is 0 Å². The third-order valence-corrected chi connectivity index (χ3v) is 5.21. The molecule has 1 aliphatic rings. The molecule has 160 valence electrons. The maximum Gasteiger partial charge on any atom is 0.472 e. The van der Waals surface area contributed by atoms with Crippen molar-refractivity contribution in [3.8, 4) is 0 Å². The molecule has 0 spiro atoms. The number of amides is 1. The molecule has 1 aliphatic heterocycles. The van der Waals surface area contributed by atoms with Gasteiger partial charge < -0.3 is 29.6 Å². The van der Waals surface area contributed by atoms with Crippen molar-refractivity contribution in [3.63, 3.8) is 0 Å². The molecule has 10 nitrogen and oxygen atoms in total. The van der Waals surface area contributed by atoms with E-state index in [0.717, 1.165) is 0 Å². The molecule has 3 unspecified atom stereocenters. The fraction of sp³-hybridized carbons (Fsp3) is 0.938. The highest BCUT2D eigenvalue weighted by Crippen LogP contribution is 2.43. The first-order valence-electron chi connectivity index (χ1n) is 8.94. The summed E-state index contributed by atoms with van der Waals surface area (Å²) in [7, 11) is 1.42. The largest absolute Gasteiger partial charge is 0.472 e. The zero-order valence-corrected chi connectivity index (χ0v) is 17.8. The van der Waals surface area contributed by atoms with Crippen molar-refractivity contribution in [2.75, 3.05) is 40.9 Å². The van der Waals surface area contributed by atoms with Gasteiger partial charge in [0.15, 0.2) is 0 Å². The van der Waals surface area contributed by atoms with Gasteiger partial charge in [-0.1, -0.05) is 13.8 Å². The van der Waals surface area contributed by atoms with E-state index in [-0.39, 0.29) is 18.4 Å². The minimum Gasteiger partial charge on any atom is -0.388 e. The number of hydrogen-bond acceptors (Lipinski definition) is 7. The Morgan fingerprint density at radius 3 is 2.30 bits per heavy atom. The Balaban J connectivity index is 2.69. The van der Waals surface area contributed by atoms with E-state index >= 15 is 0 Å². The van der Waals surface area contributed by atoms with Gasteiger partial charge in [-0.15, -0.1) is 0 Å². The highest BCUT2D eigenvalue weighted by atomic mass is 31.2. The third kappa shape index (κ3) is 8.13. The summed E-state index contributed by atoms with van der Waals surface area (Å²) in [5.74, 6) is -0.450. The van der Waals surface area contributed by atoms with Gasteiger partial charge in [0.2, 0.25) is 5.91 Å². The maximum absolute atomic E-state index is 12.0. The quantitative estimate of drug-likeness (QED) is 0.293. The van der Waals surface area contributed by atoms with Crippen molar-refractivity contribution in [1.29, 1.82) is 0 Å². The maximum atomic E-state index is 12.0. The highest BCUT2D eigenvalue weighted by molar-refractivity contribution is 7.47. The van der Waals surface area contributed by atoms with E-state index in [9.17, 15) is 24.5 Å². The molecule has 27 heavy (non-hydrogen) atoms. The Morgan fingerprint density at radius 2 is 1.81 bits per heavy atom. The molecule has 1 heterocycles. The third-order valence-electron chi connectivity index (χ3n) is 4.23. The van der Waals surface area contributed by atoms with E-state index in [1.807, 2.05) is 35.0 Å². The van der Waals surface area contributed by atoms with E-state index in [4.69, 9.17) is 13.8 Å². The summed E-state index contributed by atoms with van der Waals surface area (Å²) in [5, 5.41) is 23.2. The van der Waals surface area contributed by atoms with Crippen LogP contribution in [0, 0.1) is 5.92 Å². The lowest BCUT2D eigenvalue weighted by molar-refractivity contribution is -0.870. The van der Waals surface area contributed by atoms with Gasteiger partial charge >= 0.3 is 7.82 Å². The summed E-state index contributed by atoms with van der Waals surface area (Å²) in [4.78, 5) is 21.2. The average Bonchev–Trinajstić information content (AvgIpc) is 2.49. The molecule has 0 aromatic heterocycles. The van der Waals surface area contributed by atoms with Crippen molar-refractivity contribution < 1.29 is 42.7 Å². The highest BCUT2D eigenvalue weighted by Gasteiger charge is 2.46. The number of phosphoric acid groups is 1. The van der Waals surface area contributed by atoms with Crippen molar-refractivity contribution in [3.05, 3.63) is 0 Å². The van der Waals surface area contributed by atoms with Crippen LogP contribution < -0.4 is 5.32 Å². The Kier molecular flexibility index (Phi) is 8.84. The van der Waals surface area contributed by atoms with Crippen LogP contribution in [0.5, 0.6) is 0 Å². The molecular formula is C16H34N2O8P+. The molecule has 0 aromatic carbocycles. The van der Waals surface area contributed by atoms with Gasteiger partial charge in [-0.05, 0) is 5.92 Å². The summed E-state index contributed by atoms with van der Waals surface area (Å²) in [6.45, 7) is 5.07. The number of aliphatic hydroxyl groups excluding tert-OH is 2. The molecule has 1 rings (SSSR count). The van der Waals surface area contributed by atoms with Crippen LogP contribution in [-0.4, -0.2) is 96.9 Å². The molecule has 1 fully saturated rings. The van der Waals surface area contributed by atoms with Crippen LogP contribution in [0.25, 0.3) is 0 Å². The molecule has 0 radical (unpaired) electrons. The van der Waals surface area contributed by atoms with E-state index in [2.05, 4.69) is 5.32 Å². The fourth-order valence-electron chi connectivity index (χ4n) is 2.74. The number of rotatable bonds is 9. The number of nitrogens with zero attached hydrogens (tertiary/aromatic N) is 1. The van der Waals surface area contributed by atoms with Crippen molar-refractivity contribution in [2.24, 2.45) is 5.92 Å². The lowest BCUT2D eigenvalue weighted by Gasteiger charge is -2.44. The SMILES string of the molecule is CC(=O)NC1[C@H](C(C)C)OC(COP(=O)(O)OCC[N+](C)(C)C)[C@@H](O)[C@H]1O. The molecule has 0 aliphatic carbocycles. The van der Waals surface area contributed by atoms with Gasteiger partial charge in [0.25, 0.3) is 0 Å². The first-order chi connectivity index (χ1) is 12.2. The van der Waals surface area contributed by atoms with Crippen LogP contribution >= 0.6 is 7.82 Å². The minimum atomic E-state index is -4.33. The van der Waals surface area contributed by atoms with Gasteiger partial charge in [0.05, 0.1) is 39.9 Å². The molecule has 0 bridgehead atoms. The molecule has 6 atom stereocenters. The Hall–Kier alpha value is -0.580. The standard InChI is InChI=1S/C16H33N2O8P/c1-10(2)16-13(17-11(3)19)15(21)14(20)12(26-16)9-25-27(22,23)24-8-7-18(4,5)6/h10,12-16,20-21H,7-9H2,1-6H3,(H-,17,19,22,23)/p+1/t12?,13?,14-,15+,16+/m1/s1. The minimum absolute atomic E-state index is 0.0210. The smallest absolute Gasteiger partial charge is 0.388 e. The number of aliphatic hydroxyl groups is 2. The second-order valence-corrected chi connectivity index (χ2v) is 9.66. The van der Waals surface area contributed by atoms with Crippen LogP contribution in [0.2, 0.25) is 0 Å². The van der Waals surface area contributed by atoms with Gasteiger partial charge in [0.1, 0.15) is 31.5 Å². The second-order valence-electron chi connectivity index (χ2n) is 8.20. The van der Waals surface area contributed by atoms with Crippen molar-refractivity contribution in [2.45, 2.75) is 51.2 Å². The van der Waals surface area contributed by atoms with Gasteiger partial charge in [-0.3, -0.25) is 13.8 Å². The number of likely N-dealkylation sites (N-methyl/N-ethyl adjacent to an activating group) is 1. The normalized spacial score (nSPS) is 31.6. The Morgan fingerprint density at radius 1 is 1.22 bits per heavy atom. The molecule has 1 amide bonds. The lowest BCUT2D eigenvalue weighted by atomic mass is 9.87. The number of nitrogens with one attached hydrogen (secondary N) is 1. The number of carbonyl (C=O) groups excluding carboxylic acids is 1. The van der Waals surface area contributed by atoms with Crippen LogP contribution in [0.4, 0.5) is 0 Å². The number of hydrogen-bond donors (Lipinski definition) is 4. The van der Waals surface area contributed by atoms with E-state index in [1.54, 1.807) is 0 Å². The second kappa shape index (κ2) is 9.76. The van der Waals surface area contributed by atoms with Crippen molar-refractivity contribution >= 4 is 13.7 Å². The number of ether oxygens (including phenoxy) is 1. The van der Waals surface area contributed by atoms with E-state index < -0.39 is 44.9 Å². The fourth-order valence-corrected chi connectivity index (χ4v) is 3.46. The van der Waals surface area contributed by atoms with Gasteiger partial charge in [-0.25, -0.2) is 4.57 Å². The van der Waals surface area contributed by atoms with Crippen LogP contribution in [-0.2, 0) is 23.1 Å². The molecule has 4 N–H and O–H groups in total. The predicted molar refractivity (Wildman–Crippen MR) is 97.7 cm³/mol. The van der Waals surface area contributed by atoms with Gasteiger partial charge in [0, 0.05) is 6.92 Å². The summed E-state index contributed by atoms with van der Waals surface area (Å²) in [5.41, 5.74) is 0. The summed E-state index contributed by atoms with van der Waals surface area (Å²) >= 11 is 0. The number of carbonyl (C=O) groups is 1. The number of quaternary nitrogens is 1. The number of phosphoric ester groups is 1. The summed E-state index contributed by atoms with van der Waals surface area (Å²) in [6.07, 6.45) is -4.35. The summed E-state index contributed by atoms with van der Waals surface area (Å²) < 4.78 is 28.2. The zero-order chi connectivity index (χ0) is 21.0. The first-order valence-corrected chi connectivity index (χ1v) is 10.4. The molecular weight excluding hydrogens is 379 g/mol. The monoisotopic (exact) mass is 413 g/mol. The van der Waals surface area contributed by atoms with Crippen LogP contribution in [0.1, 0.15) is 20.8 Å². The Bertz CT molecular complexity index is 539. The molecule has 0 saturated carbocycles. The lowest BCUT2D eigenvalue weighted by Crippen LogP contribution is -2.65. The molecule has 11 heteroatoms.